The lowest BCUT2D eigenvalue weighted by Gasteiger charge is -2.04. The number of hydrogen-bond donors (Lipinski definition) is 1. The molecule has 0 radical (unpaired) electrons. The maximum atomic E-state index is 11.2. The lowest BCUT2D eigenvalue weighted by molar-refractivity contribution is 0.0567. The molecule has 5 heteroatoms. The summed E-state index contributed by atoms with van der Waals surface area (Å²) >= 11 is 0. The van der Waals surface area contributed by atoms with Crippen molar-refractivity contribution in [3.05, 3.63) is 18.0 Å². The molecule has 5 nitrogen and oxygen atoms in total. The predicted octanol–water partition coefficient (Wildman–Crippen LogP) is 0.461. The van der Waals surface area contributed by atoms with E-state index in [4.69, 9.17) is 10.5 Å². The van der Waals surface area contributed by atoms with Gasteiger partial charge in [-0.3, -0.25) is 0 Å². The van der Waals surface area contributed by atoms with Crippen LogP contribution in [0.2, 0.25) is 0 Å². The Kier molecular flexibility index (Phi) is 2.92. The Labute approximate surface area is 76.0 Å². The van der Waals surface area contributed by atoms with Crippen LogP contribution >= 0.6 is 0 Å². The molecule has 0 atom stereocenters. The van der Waals surface area contributed by atoms with Crippen LogP contribution in [0, 0.1) is 0 Å². The number of carbonyl (C=O) groups excluding carboxylic acids is 1. The average Bonchev–Trinajstić information content (AvgIpc) is 2.46. The second kappa shape index (κ2) is 3.95. The topological polar surface area (TPSA) is 66.5 Å². The maximum Gasteiger partial charge on any atom is 0.354 e. The first-order chi connectivity index (χ1) is 6.19. The highest BCUT2D eigenvalue weighted by molar-refractivity contribution is 5.88. The summed E-state index contributed by atoms with van der Waals surface area (Å²) in [7, 11) is 2.86. The summed E-state index contributed by atoms with van der Waals surface area (Å²) in [5.41, 5.74) is 6.42. The van der Waals surface area contributed by atoms with Crippen molar-refractivity contribution in [1.29, 1.82) is 0 Å². The molecule has 13 heavy (non-hydrogen) atoms. The van der Waals surface area contributed by atoms with Gasteiger partial charge in [0, 0.05) is 13.3 Å². The Morgan fingerprint density at radius 1 is 1.62 bits per heavy atom. The quantitative estimate of drug-likeness (QED) is 0.693. The first-order valence-corrected chi connectivity index (χ1v) is 3.72. The summed E-state index contributed by atoms with van der Waals surface area (Å²) in [4.78, 5) is 11.2. The van der Waals surface area contributed by atoms with E-state index in [0.717, 1.165) is 0 Å². The molecule has 0 bridgehead atoms. The lowest BCUT2D eigenvalue weighted by atomic mass is 10.4. The SMILES string of the molecule is COCn1cc(N)cc1C(=O)OC. The third-order valence-corrected chi connectivity index (χ3v) is 1.58. The Bertz CT molecular complexity index is 306. The van der Waals surface area contributed by atoms with Crippen molar-refractivity contribution in [2.45, 2.75) is 6.73 Å². The third-order valence-electron chi connectivity index (χ3n) is 1.58. The summed E-state index contributed by atoms with van der Waals surface area (Å²) in [6.07, 6.45) is 1.62. The van der Waals surface area contributed by atoms with Gasteiger partial charge in [0.1, 0.15) is 12.4 Å². The molecule has 0 fully saturated rings. The molecule has 0 aliphatic carbocycles. The second-order valence-corrected chi connectivity index (χ2v) is 2.54. The van der Waals surface area contributed by atoms with Gasteiger partial charge in [-0.2, -0.15) is 0 Å². The van der Waals surface area contributed by atoms with Crippen LogP contribution in [-0.4, -0.2) is 24.8 Å². The molecule has 0 saturated heterocycles. The van der Waals surface area contributed by atoms with Crippen LogP contribution in [-0.2, 0) is 16.2 Å². The molecule has 0 amide bonds. The van der Waals surface area contributed by atoms with E-state index in [9.17, 15) is 4.79 Å². The normalized spacial score (nSPS) is 10.0. The highest BCUT2D eigenvalue weighted by atomic mass is 16.5. The average molecular weight is 184 g/mol. The number of nitrogen functional groups attached to an aromatic ring is 1. The third kappa shape index (κ3) is 2.00. The zero-order valence-electron chi connectivity index (χ0n) is 7.61. The molecular weight excluding hydrogens is 172 g/mol. The zero-order chi connectivity index (χ0) is 9.84. The molecule has 2 N–H and O–H groups in total. The van der Waals surface area contributed by atoms with Gasteiger partial charge in [0.05, 0.1) is 12.8 Å². The van der Waals surface area contributed by atoms with Crippen LogP contribution in [0.1, 0.15) is 10.5 Å². The van der Waals surface area contributed by atoms with E-state index < -0.39 is 5.97 Å². The number of hydrogen-bond acceptors (Lipinski definition) is 4. The van der Waals surface area contributed by atoms with Gasteiger partial charge in [-0.1, -0.05) is 0 Å². The molecule has 1 rings (SSSR count). The minimum atomic E-state index is -0.422. The lowest BCUT2D eigenvalue weighted by Crippen LogP contribution is -2.10. The van der Waals surface area contributed by atoms with Crippen LogP contribution in [0.25, 0.3) is 0 Å². The van der Waals surface area contributed by atoms with Crippen LogP contribution < -0.4 is 5.73 Å². The highest BCUT2D eigenvalue weighted by Crippen LogP contribution is 2.11. The summed E-state index contributed by atoms with van der Waals surface area (Å²) in [5.74, 6) is -0.422. The van der Waals surface area contributed by atoms with E-state index in [1.165, 1.54) is 14.2 Å². The standard InChI is InChI=1S/C8H12N2O3/c1-12-5-10-4-6(9)3-7(10)8(11)13-2/h3-4H,5,9H2,1-2H3. The monoisotopic (exact) mass is 184 g/mol. The molecule has 0 aliphatic heterocycles. The van der Waals surface area contributed by atoms with Crippen molar-refractivity contribution in [1.82, 2.24) is 4.57 Å². The summed E-state index contributed by atoms with van der Waals surface area (Å²) in [6, 6.07) is 1.55. The molecule has 1 aromatic rings. The summed E-state index contributed by atoms with van der Waals surface area (Å²) in [5, 5.41) is 0. The van der Waals surface area contributed by atoms with Gasteiger partial charge in [0.25, 0.3) is 0 Å². The minimum absolute atomic E-state index is 0.279. The van der Waals surface area contributed by atoms with Crippen LogP contribution in [0.5, 0.6) is 0 Å². The largest absolute Gasteiger partial charge is 0.464 e. The minimum Gasteiger partial charge on any atom is -0.464 e. The zero-order valence-corrected chi connectivity index (χ0v) is 7.61. The maximum absolute atomic E-state index is 11.2. The summed E-state index contributed by atoms with van der Waals surface area (Å²) < 4.78 is 11.0. The number of nitrogens with two attached hydrogens (primary N) is 1. The Morgan fingerprint density at radius 2 is 2.31 bits per heavy atom. The van der Waals surface area contributed by atoms with Crippen molar-refractivity contribution in [3.8, 4) is 0 Å². The number of aromatic nitrogens is 1. The van der Waals surface area contributed by atoms with Crippen molar-refractivity contribution in [3.63, 3.8) is 0 Å². The molecule has 0 spiro atoms. The van der Waals surface area contributed by atoms with E-state index in [2.05, 4.69) is 4.74 Å². The molecule has 1 aromatic heterocycles. The molecule has 0 unspecified atom stereocenters. The van der Waals surface area contributed by atoms with Crippen LogP contribution in [0.15, 0.2) is 12.3 Å². The molecule has 0 aromatic carbocycles. The molecule has 0 aliphatic rings. The van der Waals surface area contributed by atoms with Crippen LogP contribution in [0.3, 0.4) is 0 Å². The van der Waals surface area contributed by atoms with Gasteiger partial charge in [0.15, 0.2) is 0 Å². The van der Waals surface area contributed by atoms with Gasteiger partial charge in [-0.15, -0.1) is 0 Å². The number of rotatable bonds is 3. The number of nitrogens with zero attached hydrogens (tertiary/aromatic N) is 1. The van der Waals surface area contributed by atoms with Gasteiger partial charge >= 0.3 is 5.97 Å². The van der Waals surface area contributed by atoms with Crippen LogP contribution in [0.4, 0.5) is 5.69 Å². The summed E-state index contributed by atoms with van der Waals surface area (Å²) in [6.45, 7) is 0.279. The second-order valence-electron chi connectivity index (χ2n) is 2.54. The van der Waals surface area contributed by atoms with E-state index in [1.54, 1.807) is 16.8 Å². The Hall–Kier alpha value is -1.49. The smallest absolute Gasteiger partial charge is 0.354 e. The number of anilines is 1. The van der Waals surface area contributed by atoms with E-state index in [-0.39, 0.29) is 6.73 Å². The molecular formula is C8H12N2O3. The fourth-order valence-electron chi connectivity index (χ4n) is 1.05. The van der Waals surface area contributed by atoms with Gasteiger partial charge in [-0.05, 0) is 6.07 Å². The van der Waals surface area contributed by atoms with E-state index in [0.29, 0.717) is 11.4 Å². The van der Waals surface area contributed by atoms with Crippen molar-refractivity contribution in [2.75, 3.05) is 20.0 Å². The first-order valence-electron chi connectivity index (χ1n) is 3.72. The van der Waals surface area contributed by atoms with Crippen molar-refractivity contribution < 1.29 is 14.3 Å². The highest BCUT2D eigenvalue weighted by Gasteiger charge is 2.12. The predicted molar refractivity (Wildman–Crippen MR) is 47.2 cm³/mol. The van der Waals surface area contributed by atoms with Crippen molar-refractivity contribution >= 4 is 11.7 Å². The van der Waals surface area contributed by atoms with Gasteiger partial charge in [-0.25, -0.2) is 4.79 Å². The Morgan fingerprint density at radius 3 is 2.85 bits per heavy atom. The van der Waals surface area contributed by atoms with E-state index in [1.807, 2.05) is 0 Å². The molecule has 72 valence electrons. The number of ether oxygens (including phenoxy) is 2. The fourth-order valence-corrected chi connectivity index (χ4v) is 1.05. The van der Waals surface area contributed by atoms with Gasteiger partial charge < -0.3 is 19.8 Å². The van der Waals surface area contributed by atoms with E-state index >= 15 is 0 Å². The Balaban J connectivity index is 2.96. The molecule has 0 saturated carbocycles. The fraction of sp³-hybridized carbons (Fsp3) is 0.375. The number of methoxy groups -OCH3 is 2. The number of carbonyl (C=O) groups is 1. The molecule has 1 heterocycles. The first kappa shape index (κ1) is 9.60. The number of esters is 1. The van der Waals surface area contributed by atoms with Crippen molar-refractivity contribution in [2.24, 2.45) is 0 Å². The van der Waals surface area contributed by atoms with Gasteiger partial charge in [0.2, 0.25) is 0 Å².